The first-order valence-electron chi connectivity index (χ1n) is 14.9. The summed E-state index contributed by atoms with van der Waals surface area (Å²) in [5, 5.41) is 0. The Morgan fingerprint density at radius 1 is 0.531 bits per heavy atom. The molecular formula is C30H59N2+. The highest BCUT2D eigenvalue weighted by Crippen LogP contribution is 2.12. The second-order valence-electron chi connectivity index (χ2n) is 10.2. The molecule has 0 N–H and O–H groups in total. The van der Waals surface area contributed by atoms with Crippen molar-refractivity contribution >= 4 is 0 Å². The lowest BCUT2D eigenvalue weighted by Crippen LogP contribution is -2.37. The summed E-state index contributed by atoms with van der Waals surface area (Å²) in [6, 6.07) is 0. The lowest BCUT2D eigenvalue weighted by Gasteiger charge is -2.07. The van der Waals surface area contributed by atoms with E-state index in [2.05, 4.69) is 42.3 Å². The maximum absolute atomic E-state index is 2.60. The van der Waals surface area contributed by atoms with Crippen LogP contribution in [0.1, 0.15) is 161 Å². The zero-order valence-electron chi connectivity index (χ0n) is 22.5. The van der Waals surface area contributed by atoms with Crippen LogP contribution in [-0.4, -0.2) is 4.57 Å². The second-order valence-corrected chi connectivity index (χ2v) is 10.2. The molecular weight excluding hydrogens is 388 g/mol. The zero-order chi connectivity index (χ0) is 23.1. The van der Waals surface area contributed by atoms with Crippen LogP contribution in [0.4, 0.5) is 0 Å². The van der Waals surface area contributed by atoms with Gasteiger partial charge in [0, 0.05) is 6.42 Å². The SMILES string of the molecule is CCCCCCCCCCC[n+]1ccn(CCCCCCCCCC)c1CCCCCC. The molecule has 0 spiro atoms. The largest absolute Gasteiger partial charge is 0.256 e. The van der Waals surface area contributed by atoms with Crippen molar-refractivity contribution in [1.29, 1.82) is 0 Å². The molecule has 0 aromatic carbocycles. The van der Waals surface area contributed by atoms with Gasteiger partial charge in [0.2, 0.25) is 0 Å². The summed E-state index contributed by atoms with van der Waals surface area (Å²) in [5.41, 5.74) is 0. The van der Waals surface area contributed by atoms with E-state index in [0.717, 1.165) is 0 Å². The molecule has 1 aromatic heterocycles. The summed E-state index contributed by atoms with van der Waals surface area (Å²) < 4.78 is 5.19. The highest BCUT2D eigenvalue weighted by molar-refractivity contribution is 4.84. The smallest absolute Gasteiger partial charge is 0.234 e. The van der Waals surface area contributed by atoms with Gasteiger partial charge in [0.1, 0.15) is 12.4 Å². The summed E-state index contributed by atoms with van der Waals surface area (Å²) in [6.07, 6.45) is 35.5. The van der Waals surface area contributed by atoms with Crippen molar-refractivity contribution in [2.75, 3.05) is 0 Å². The van der Waals surface area contributed by atoms with Crippen LogP contribution >= 0.6 is 0 Å². The van der Waals surface area contributed by atoms with Crippen LogP contribution in [0.5, 0.6) is 0 Å². The summed E-state index contributed by atoms with van der Waals surface area (Å²) in [5.74, 6) is 1.60. The maximum atomic E-state index is 2.60. The number of hydrogen-bond acceptors (Lipinski definition) is 0. The number of unbranched alkanes of at least 4 members (excludes halogenated alkanes) is 18. The molecule has 1 heterocycles. The zero-order valence-corrected chi connectivity index (χ0v) is 22.5. The van der Waals surface area contributed by atoms with Gasteiger partial charge < -0.3 is 0 Å². The normalized spacial score (nSPS) is 11.5. The van der Waals surface area contributed by atoms with E-state index in [1.807, 2.05) is 0 Å². The van der Waals surface area contributed by atoms with E-state index >= 15 is 0 Å². The first-order valence-corrected chi connectivity index (χ1v) is 14.9. The molecule has 0 radical (unpaired) electrons. The minimum atomic E-state index is 1.23. The molecule has 1 rings (SSSR count). The van der Waals surface area contributed by atoms with Crippen molar-refractivity contribution in [3.05, 3.63) is 18.2 Å². The number of aromatic nitrogens is 2. The van der Waals surface area contributed by atoms with Gasteiger partial charge >= 0.3 is 0 Å². The Bertz CT molecular complexity index is 505. The van der Waals surface area contributed by atoms with Gasteiger partial charge in [-0.25, -0.2) is 9.13 Å². The van der Waals surface area contributed by atoms with Gasteiger partial charge in [-0.2, -0.15) is 0 Å². The van der Waals surface area contributed by atoms with E-state index in [4.69, 9.17) is 0 Å². The number of rotatable bonds is 24. The Labute approximate surface area is 202 Å². The van der Waals surface area contributed by atoms with Gasteiger partial charge in [0.05, 0.1) is 13.1 Å². The molecule has 32 heavy (non-hydrogen) atoms. The molecule has 0 atom stereocenters. The Hall–Kier alpha value is -0.790. The summed E-state index contributed by atoms with van der Waals surface area (Å²) >= 11 is 0. The van der Waals surface area contributed by atoms with E-state index in [1.165, 1.54) is 154 Å². The third-order valence-electron chi connectivity index (χ3n) is 7.10. The minimum Gasteiger partial charge on any atom is -0.234 e. The Morgan fingerprint density at radius 3 is 1.50 bits per heavy atom. The number of nitrogens with zero attached hydrogens (tertiary/aromatic N) is 2. The van der Waals surface area contributed by atoms with E-state index in [9.17, 15) is 0 Å². The van der Waals surface area contributed by atoms with Crippen molar-refractivity contribution in [2.24, 2.45) is 0 Å². The molecule has 0 aliphatic rings. The van der Waals surface area contributed by atoms with Crippen LogP contribution in [0.25, 0.3) is 0 Å². The molecule has 2 nitrogen and oxygen atoms in total. The monoisotopic (exact) mass is 447 g/mol. The fraction of sp³-hybridized carbons (Fsp3) is 0.900. The second kappa shape index (κ2) is 22.0. The Balaban J connectivity index is 2.32. The van der Waals surface area contributed by atoms with Gasteiger partial charge in [0.25, 0.3) is 5.82 Å². The standard InChI is InChI=1S/C30H59N2/c1-4-7-10-13-15-17-19-21-24-27-32-29-28-31(30(32)25-22-12-9-6-3)26-23-20-18-16-14-11-8-5-2/h28-29H,4-27H2,1-3H3/q+1. The van der Waals surface area contributed by atoms with Crippen molar-refractivity contribution in [2.45, 2.75) is 175 Å². The first kappa shape index (κ1) is 29.2. The highest BCUT2D eigenvalue weighted by atomic mass is 15.1. The fourth-order valence-electron chi connectivity index (χ4n) is 4.91. The third kappa shape index (κ3) is 15.1. The third-order valence-corrected chi connectivity index (χ3v) is 7.10. The molecule has 0 amide bonds. The van der Waals surface area contributed by atoms with Crippen molar-refractivity contribution < 1.29 is 4.57 Å². The number of imidazole rings is 1. The summed E-state index contributed by atoms with van der Waals surface area (Å²) in [4.78, 5) is 0. The molecule has 188 valence electrons. The quantitative estimate of drug-likeness (QED) is 0.110. The van der Waals surface area contributed by atoms with Crippen LogP contribution in [-0.2, 0) is 19.5 Å². The van der Waals surface area contributed by atoms with Gasteiger partial charge in [-0.05, 0) is 32.1 Å². The van der Waals surface area contributed by atoms with Crippen LogP contribution in [0.15, 0.2) is 12.4 Å². The first-order chi connectivity index (χ1) is 15.8. The van der Waals surface area contributed by atoms with Gasteiger partial charge in [0.15, 0.2) is 0 Å². The molecule has 0 unspecified atom stereocenters. The summed E-state index contributed by atoms with van der Waals surface area (Å²) in [6.45, 7) is 9.37. The Kier molecular flexibility index (Phi) is 20.1. The molecule has 0 saturated heterocycles. The van der Waals surface area contributed by atoms with E-state index in [-0.39, 0.29) is 0 Å². The van der Waals surface area contributed by atoms with Gasteiger partial charge in [-0.1, -0.05) is 124 Å². The fourth-order valence-corrected chi connectivity index (χ4v) is 4.91. The molecule has 0 fully saturated rings. The number of hydrogen-bond donors (Lipinski definition) is 0. The van der Waals surface area contributed by atoms with Gasteiger partial charge in [-0.15, -0.1) is 0 Å². The van der Waals surface area contributed by atoms with Gasteiger partial charge in [-0.3, -0.25) is 0 Å². The minimum absolute atomic E-state index is 1.23. The molecule has 2 heteroatoms. The number of aryl methyl sites for hydroxylation is 2. The Morgan fingerprint density at radius 2 is 0.969 bits per heavy atom. The average molecular weight is 448 g/mol. The summed E-state index contributed by atoms with van der Waals surface area (Å²) in [7, 11) is 0. The molecule has 0 aliphatic heterocycles. The molecule has 1 aromatic rings. The van der Waals surface area contributed by atoms with Crippen molar-refractivity contribution in [3.8, 4) is 0 Å². The topological polar surface area (TPSA) is 8.81 Å². The molecule has 0 saturated carbocycles. The van der Waals surface area contributed by atoms with E-state index in [0.29, 0.717) is 0 Å². The van der Waals surface area contributed by atoms with Crippen LogP contribution in [0.2, 0.25) is 0 Å². The maximum Gasteiger partial charge on any atom is 0.256 e. The average Bonchev–Trinajstić information content (AvgIpc) is 3.19. The van der Waals surface area contributed by atoms with Crippen molar-refractivity contribution in [1.82, 2.24) is 4.57 Å². The predicted molar refractivity (Wildman–Crippen MR) is 142 cm³/mol. The molecule has 0 bridgehead atoms. The lowest BCUT2D eigenvalue weighted by molar-refractivity contribution is -0.704. The van der Waals surface area contributed by atoms with E-state index < -0.39 is 0 Å². The van der Waals surface area contributed by atoms with Crippen LogP contribution in [0.3, 0.4) is 0 Å². The van der Waals surface area contributed by atoms with Crippen LogP contribution < -0.4 is 4.57 Å². The highest BCUT2D eigenvalue weighted by Gasteiger charge is 2.16. The van der Waals surface area contributed by atoms with E-state index in [1.54, 1.807) is 5.82 Å². The molecule has 0 aliphatic carbocycles. The van der Waals surface area contributed by atoms with Crippen LogP contribution in [0, 0.1) is 0 Å². The lowest BCUT2D eigenvalue weighted by atomic mass is 10.1. The van der Waals surface area contributed by atoms with Crippen molar-refractivity contribution in [3.63, 3.8) is 0 Å². The predicted octanol–water partition coefficient (Wildman–Crippen LogP) is 9.57.